The van der Waals surface area contributed by atoms with Crippen molar-refractivity contribution in [3.05, 3.63) is 60.2 Å². The second-order valence-corrected chi connectivity index (χ2v) is 5.21. The first-order valence-corrected chi connectivity index (χ1v) is 6.89. The van der Waals surface area contributed by atoms with E-state index in [-0.39, 0.29) is 6.03 Å². The quantitative estimate of drug-likeness (QED) is 0.933. The van der Waals surface area contributed by atoms with Crippen molar-refractivity contribution in [2.75, 3.05) is 31.4 Å². The van der Waals surface area contributed by atoms with Crippen LogP contribution in [0.5, 0.6) is 0 Å². The van der Waals surface area contributed by atoms with Crippen LogP contribution in [0.15, 0.2) is 54.6 Å². The van der Waals surface area contributed by atoms with Gasteiger partial charge < -0.3 is 15.1 Å². The SMILES string of the molecule is CN(Cc1ccccc1)C(=O)Nc1ccc(N(C)C)cc1. The molecule has 0 aliphatic heterocycles. The molecule has 0 saturated heterocycles. The fourth-order valence-corrected chi connectivity index (χ4v) is 1.99. The Hall–Kier alpha value is -2.49. The van der Waals surface area contributed by atoms with Crippen molar-refractivity contribution in [3.8, 4) is 0 Å². The molecule has 2 amide bonds. The van der Waals surface area contributed by atoms with Crippen LogP contribution < -0.4 is 10.2 Å². The fraction of sp³-hybridized carbons (Fsp3) is 0.235. The molecule has 0 atom stereocenters. The molecule has 2 aromatic rings. The number of carbonyl (C=O) groups is 1. The Balaban J connectivity index is 1.94. The van der Waals surface area contributed by atoms with Crippen molar-refractivity contribution in [1.29, 1.82) is 0 Å². The van der Waals surface area contributed by atoms with E-state index in [9.17, 15) is 4.79 Å². The number of carbonyl (C=O) groups excluding carboxylic acids is 1. The van der Waals surface area contributed by atoms with E-state index in [4.69, 9.17) is 0 Å². The summed E-state index contributed by atoms with van der Waals surface area (Å²) in [7, 11) is 5.76. The van der Waals surface area contributed by atoms with Crippen LogP contribution in [0.4, 0.5) is 16.2 Å². The van der Waals surface area contributed by atoms with Crippen LogP contribution in [0.1, 0.15) is 5.56 Å². The van der Waals surface area contributed by atoms with E-state index in [1.54, 1.807) is 11.9 Å². The number of nitrogens with one attached hydrogen (secondary N) is 1. The van der Waals surface area contributed by atoms with Crippen LogP contribution in [0.25, 0.3) is 0 Å². The zero-order valence-corrected chi connectivity index (χ0v) is 12.7. The number of anilines is 2. The van der Waals surface area contributed by atoms with E-state index < -0.39 is 0 Å². The fourth-order valence-electron chi connectivity index (χ4n) is 1.99. The highest BCUT2D eigenvalue weighted by molar-refractivity contribution is 5.89. The van der Waals surface area contributed by atoms with Gasteiger partial charge in [0, 0.05) is 39.1 Å². The maximum Gasteiger partial charge on any atom is 0.321 e. The molecule has 1 N–H and O–H groups in total. The molecule has 0 aromatic heterocycles. The third kappa shape index (κ3) is 4.24. The summed E-state index contributed by atoms with van der Waals surface area (Å²) in [6, 6.07) is 17.6. The van der Waals surface area contributed by atoms with E-state index in [1.165, 1.54) is 0 Å². The zero-order chi connectivity index (χ0) is 15.2. The summed E-state index contributed by atoms with van der Waals surface area (Å²) in [5, 5.41) is 2.90. The summed E-state index contributed by atoms with van der Waals surface area (Å²) in [5.74, 6) is 0. The first-order chi connectivity index (χ1) is 10.1. The Morgan fingerprint density at radius 3 is 2.14 bits per heavy atom. The third-order valence-corrected chi connectivity index (χ3v) is 3.24. The summed E-state index contributed by atoms with van der Waals surface area (Å²) in [6.07, 6.45) is 0. The molecule has 0 heterocycles. The lowest BCUT2D eigenvalue weighted by Gasteiger charge is -2.18. The van der Waals surface area contributed by atoms with Gasteiger partial charge in [-0.25, -0.2) is 4.79 Å². The van der Waals surface area contributed by atoms with Gasteiger partial charge in [0.15, 0.2) is 0 Å². The van der Waals surface area contributed by atoms with Gasteiger partial charge in [0.25, 0.3) is 0 Å². The Morgan fingerprint density at radius 1 is 0.952 bits per heavy atom. The first-order valence-electron chi connectivity index (χ1n) is 6.89. The Bertz CT molecular complexity index is 579. The first kappa shape index (κ1) is 14.9. The van der Waals surface area contributed by atoms with Gasteiger partial charge in [0.2, 0.25) is 0 Å². The van der Waals surface area contributed by atoms with Crippen molar-refractivity contribution in [1.82, 2.24) is 4.90 Å². The van der Waals surface area contributed by atoms with Crippen molar-refractivity contribution >= 4 is 17.4 Å². The molecule has 0 bridgehead atoms. The van der Waals surface area contributed by atoms with E-state index in [2.05, 4.69) is 5.32 Å². The molecular weight excluding hydrogens is 262 g/mol. The molecule has 110 valence electrons. The van der Waals surface area contributed by atoms with Crippen LogP contribution in [0.3, 0.4) is 0 Å². The molecule has 2 aromatic carbocycles. The molecule has 4 heteroatoms. The van der Waals surface area contributed by atoms with Crippen LogP contribution in [0.2, 0.25) is 0 Å². The van der Waals surface area contributed by atoms with Gasteiger partial charge in [-0.2, -0.15) is 0 Å². The van der Waals surface area contributed by atoms with Gasteiger partial charge in [0.05, 0.1) is 0 Å². The number of urea groups is 1. The second-order valence-electron chi connectivity index (χ2n) is 5.21. The number of hydrogen-bond donors (Lipinski definition) is 1. The number of amides is 2. The van der Waals surface area contributed by atoms with Gasteiger partial charge in [-0.3, -0.25) is 0 Å². The molecule has 0 fully saturated rings. The molecular formula is C17H21N3O. The highest BCUT2D eigenvalue weighted by atomic mass is 16.2. The minimum Gasteiger partial charge on any atom is -0.378 e. The molecule has 0 unspecified atom stereocenters. The monoisotopic (exact) mass is 283 g/mol. The highest BCUT2D eigenvalue weighted by Gasteiger charge is 2.09. The van der Waals surface area contributed by atoms with E-state index in [1.807, 2.05) is 73.6 Å². The van der Waals surface area contributed by atoms with E-state index in [0.29, 0.717) is 6.54 Å². The average molecular weight is 283 g/mol. The lowest BCUT2D eigenvalue weighted by molar-refractivity contribution is 0.220. The van der Waals surface area contributed by atoms with Gasteiger partial charge in [-0.1, -0.05) is 30.3 Å². The Labute approximate surface area is 126 Å². The molecule has 0 spiro atoms. The third-order valence-electron chi connectivity index (χ3n) is 3.24. The van der Waals surface area contributed by atoms with Gasteiger partial charge in [0.1, 0.15) is 0 Å². The minimum atomic E-state index is -0.114. The number of nitrogens with zero attached hydrogens (tertiary/aromatic N) is 2. The van der Waals surface area contributed by atoms with Crippen LogP contribution in [-0.2, 0) is 6.54 Å². The predicted molar refractivity (Wildman–Crippen MR) is 87.7 cm³/mol. The normalized spacial score (nSPS) is 10.0. The Kier molecular flexibility index (Phi) is 4.82. The molecule has 4 nitrogen and oxygen atoms in total. The van der Waals surface area contributed by atoms with Gasteiger partial charge in [-0.05, 0) is 29.8 Å². The summed E-state index contributed by atoms with van der Waals surface area (Å²) in [4.78, 5) is 15.8. The van der Waals surface area contributed by atoms with Crippen LogP contribution >= 0.6 is 0 Å². The lowest BCUT2D eigenvalue weighted by atomic mass is 10.2. The summed E-state index contributed by atoms with van der Waals surface area (Å²) < 4.78 is 0. The largest absolute Gasteiger partial charge is 0.378 e. The van der Waals surface area contributed by atoms with Crippen LogP contribution in [-0.4, -0.2) is 32.1 Å². The maximum atomic E-state index is 12.1. The smallest absolute Gasteiger partial charge is 0.321 e. The summed E-state index contributed by atoms with van der Waals surface area (Å²) in [6.45, 7) is 0.586. The van der Waals surface area contributed by atoms with Crippen LogP contribution in [0, 0.1) is 0 Å². The topological polar surface area (TPSA) is 35.6 Å². The van der Waals surface area contributed by atoms with Crippen molar-refractivity contribution in [2.45, 2.75) is 6.54 Å². The van der Waals surface area contributed by atoms with Gasteiger partial charge in [-0.15, -0.1) is 0 Å². The van der Waals surface area contributed by atoms with Crippen molar-refractivity contribution < 1.29 is 4.79 Å². The molecule has 0 saturated carbocycles. The van der Waals surface area contributed by atoms with Crippen molar-refractivity contribution in [3.63, 3.8) is 0 Å². The lowest BCUT2D eigenvalue weighted by Crippen LogP contribution is -2.30. The maximum absolute atomic E-state index is 12.1. The number of benzene rings is 2. The predicted octanol–water partition coefficient (Wildman–Crippen LogP) is 3.42. The molecule has 21 heavy (non-hydrogen) atoms. The van der Waals surface area contributed by atoms with E-state index in [0.717, 1.165) is 16.9 Å². The molecule has 0 aliphatic rings. The standard InChI is InChI=1S/C17H21N3O/c1-19(2)16-11-9-15(10-12-16)18-17(21)20(3)13-14-7-5-4-6-8-14/h4-12H,13H2,1-3H3,(H,18,21). The zero-order valence-electron chi connectivity index (χ0n) is 12.7. The highest BCUT2D eigenvalue weighted by Crippen LogP contribution is 2.16. The summed E-state index contributed by atoms with van der Waals surface area (Å²) in [5.41, 5.74) is 3.01. The molecule has 2 rings (SSSR count). The summed E-state index contributed by atoms with van der Waals surface area (Å²) >= 11 is 0. The van der Waals surface area contributed by atoms with Crippen molar-refractivity contribution in [2.24, 2.45) is 0 Å². The minimum absolute atomic E-state index is 0.114. The average Bonchev–Trinajstić information content (AvgIpc) is 2.48. The van der Waals surface area contributed by atoms with E-state index >= 15 is 0 Å². The Morgan fingerprint density at radius 2 is 1.57 bits per heavy atom. The number of hydrogen-bond acceptors (Lipinski definition) is 2. The van der Waals surface area contributed by atoms with Gasteiger partial charge >= 0.3 is 6.03 Å². The molecule has 0 radical (unpaired) electrons. The second kappa shape index (κ2) is 6.79. The molecule has 0 aliphatic carbocycles. The number of rotatable bonds is 4.